The molecule has 7 saturated heterocycles. The summed E-state index contributed by atoms with van der Waals surface area (Å²) < 4.78 is 36.3. The standard InChI is InChI=1S/C17H34N2O.C17H25NO.2C16H31NO.C15H27NO.C14H27NO.C13H22F3NO/c1-14(2)7-8-16(20)17(13-18(5)6)9-11-19(12-10-17)15(3)4;1-14(2)18-12-10-16(11-13-18)17(19)9-8-15-6-4-3-5-7-15;1-12(2)14(5)11-15(18)16(6)7-9-17(10-8-16)13(3)4;1-6-16(15(18)8-7-13(2)3)9-11-17(12-10-16)14(4)5;1-12(2)16-10-8-15(3,9-11-16)14(17)7-6-13-4-5-13;1-11(2)10-13(16)14(5)6-8-15(9-7-14)12(3)4;1-10(2)17-8-6-12(3,7-9-17)11(18)4-5-13(14,15)16/h14-15H,7-13H2,1-6H3;3-7,14,16H,8-13H2,1-2H3;12-14H,7-11H2,1-6H3;13-14H,6-12H2,1-5H3;12-13H,4-11H2,1-3H3;11-12H,6-10H2,1-5H3;10H,4-9H2,1-3H3. The third-order valence-corrected chi connectivity index (χ3v) is 31.1. The minimum atomic E-state index is -4.23. The van der Waals surface area contributed by atoms with Gasteiger partial charge in [0, 0.05) is 132 Å². The molecule has 0 aromatic heterocycles. The van der Waals surface area contributed by atoms with Gasteiger partial charge in [-0.1, -0.05) is 140 Å². The maximum absolute atomic E-state index is 12.8. The van der Waals surface area contributed by atoms with E-state index in [0.29, 0.717) is 132 Å². The molecule has 1 saturated carbocycles. The average molecular weight is 1780 g/mol. The van der Waals surface area contributed by atoms with Gasteiger partial charge in [0.2, 0.25) is 0 Å². The molecule has 0 spiro atoms. The fraction of sp³-hybridized carbons (Fsp3) is 0.880. The van der Waals surface area contributed by atoms with Crippen LogP contribution in [-0.4, -0.2) is 240 Å². The van der Waals surface area contributed by atoms with Gasteiger partial charge >= 0.3 is 6.18 Å². The van der Waals surface area contributed by atoms with E-state index < -0.39 is 18.0 Å². The molecular formula is C108H197F3N8O7. The molecule has 1 aliphatic carbocycles. The Labute approximate surface area is 772 Å². The van der Waals surface area contributed by atoms with E-state index in [1.165, 1.54) is 18.4 Å². The number of Topliss-reactive ketones (excluding diaryl/α,β-unsaturated/α-hetero) is 7. The van der Waals surface area contributed by atoms with Gasteiger partial charge in [0.1, 0.15) is 40.5 Å². The zero-order chi connectivity index (χ0) is 95.5. The predicted octanol–water partition coefficient (Wildman–Crippen LogP) is 23.8. The molecule has 8 aliphatic rings. The number of hydrogen-bond donors (Lipinski definition) is 0. The number of likely N-dealkylation sites (tertiary alicyclic amines) is 7. The second-order valence-electron chi connectivity index (χ2n) is 45.6. The van der Waals surface area contributed by atoms with Gasteiger partial charge in [-0.2, -0.15) is 13.2 Å². The zero-order valence-electron chi connectivity index (χ0n) is 87.2. The number of aryl methyl sites for hydroxylation is 1. The van der Waals surface area contributed by atoms with Crippen molar-refractivity contribution in [2.24, 2.45) is 73.9 Å². The number of halogens is 3. The first kappa shape index (κ1) is 117. The first-order valence-electron chi connectivity index (χ1n) is 51.3. The number of nitrogens with zero attached hydrogens (tertiary/aromatic N) is 8. The Morgan fingerprint density at radius 2 is 0.683 bits per heavy atom. The van der Waals surface area contributed by atoms with Crippen LogP contribution in [0.1, 0.15) is 379 Å². The summed E-state index contributed by atoms with van der Waals surface area (Å²) in [6.45, 7) is 76.8. The van der Waals surface area contributed by atoms with Gasteiger partial charge in [0.05, 0.1) is 6.42 Å². The van der Waals surface area contributed by atoms with Gasteiger partial charge in [-0.3, -0.25) is 33.6 Å². The van der Waals surface area contributed by atoms with E-state index in [1.807, 2.05) is 25.1 Å². The summed E-state index contributed by atoms with van der Waals surface area (Å²) in [6.07, 6.45) is 20.8. The Morgan fingerprint density at radius 1 is 0.373 bits per heavy atom. The van der Waals surface area contributed by atoms with Crippen LogP contribution >= 0.6 is 0 Å². The molecule has 8 fully saturated rings. The Balaban J connectivity index is 0.000000380. The van der Waals surface area contributed by atoms with Gasteiger partial charge in [-0.15, -0.1) is 0 Å². The largest absolute Gasteiger partial charge is 0.389 e. The summed E-state index contributed by atoms with van der Waals surface area (Å²) in [6, 6.07) is 14.4. The molecule has 0 radical (unpaired) electrons. The van der Waals surface area contributed by atoms with Crippen molar-refractivity contribution in [2.45, 2.75) is 429 Å². The second-order valence-corrected chi connectivity index (χ2v) is 45.6. The average Bonchev–Trinajstić information content (AvgIpc) is 0.960. The van der Waals surface area contributed by atoms with E-state index in [9.17, 15) is 46.7 Å². The van der Waals surface area contributed by atoms with Crippen LogP contribution in [0.2, 0.25) is 0 Å². The van der Waals surface area contributed by atoms with Crippen molar-refractivity contribution in [3.8, 4) is 0 Å². The van der Waals surface area contributed by atoms with Crippen LogP contribution < -0.4 is 0 Å². The van der Waals surface area contributed by atoms with Gasteiger partial charge in [0.15, 0.2) is 0 Å². The van der Waals surface area contributed by atoms with E-state index in [0.717, 1.165) is 245 Å². The van der Waals surface area contributed by atoms with Gasteiger partial charge < -0.3 is 39.2 Å². The number of rotatable bonds is 36. The van der Waals surface area contributed by atoms with Crippen LogP contribution in [0.15, 0.2) is 30.3 Å². The molecule has 1 aromatic rings. The number of piperidine rings is 7. The summed E-state index contributed by atoms with van der Waals surface area (Å²) in [4.78, 5) is 106. The summed E-state index contributed by atoms with van der Waals surface area (Å²) in [5.41, 5.74) is 0.501. The minimum Gasteiger partial charge on any atom is -0.308 e. The zero-order valence-corrected chi connectivity index (χ0v) is 87.2. The van der Waals surface area contributed by atoms with Crippen LogP contribution in [0.5, 0.6) is 0 Å². The van der Waals surface area contributed by atoms with E-state index in [4.69, 9.17) is 0 Å². The van der Waals surface area contributed by atoms with E-state index >= 15 is 0 Å². The Morgan fingerprint density at radius 3 is 0.984 bits per heavy atom. The van der Waals surface area contributed by atoms with Crippen molar-refractivity contribution in [1.29, 1.82) is 0 Å². The van der Waals surface area contributed by atoms with Crippen molar-refractivity contribution < 1.29 is 46.7 Å². The number of carbonyl (C=O) groups is 7. The third kappa shape index (κ3) is 41.5. The van der Waals surface area contributed by atoms with Crippen LogP contribution in [0.4, 0.5) is 13.2 Å². The first-order chi connectivity index (χ1) is 58.6. The van der Waals surface area contributed by atoms with Crippen LogP contribution in [-0.2, 0) is 40.0 Å². The highest BCUT2D eigenvalue weighted by Crippen LogP contribution is 2.43. The third-order valence-electron chi connectivity index (χ3n) is 31.1. The molecule has 7 heterocycles. The quantitative estimate of drug-likeness (QED) is 0.0628. The predicted molar refractivity (Wildman–Crippen MR) is 525 cm³/mol. The summed E-state index contributed by atoms with van der Waals surface area (Å²) >= 11 is 0. The Kier molecular flexibility index (Phi) is 51.7. The highest BCUT2D eigenvalue weighted by Gasteiger charge is 2.45. The molecule has 0 N–H and O–H groups in total. The molecule has 1 atom stereocenters. The number of benzene rings is 1. The first-order valence-corrected chi connectivity index (χ1v) is 51.3. The maximum atomic E-state index is 12.8. The number of carbonyl (C=O) groups excluding carboxylic acids is 7. The molecule has 18 heteroatoms. The molecule has 0 amide bonds. The summed E-state index contributed by atoms with van der Waals surface area (Å²) in [7, 11) is 4.18. The van der Waals surface area contributed by atoms with Crippen LogP contribution in [0, 0.1) is 73.9 Å². The van der Waals surface area contributed by atoms with E-state index in [2.05, 4.69) is 252 Å². The number of hydrogen-bond acceptors (Lipinski definition) is 15. The smallest absolute Gasteiger partial charge is 0.308 e. The van der Waals surface area contributed by atoms with Crippen molar-refractivity contribution in [1.82, 2.24) is 39.2 Å². The van der Waals surface area contributed by atoms with Gasteiger partial charge in [-0.05, 0) is 366 Å². The summed E-state index contributed by atoms with van der Waals surface area (Å²) in [5.74, 6) is 6.83. The van der Waals surface area contributed by atoms with Crippen LogP contribution in [0.3, 0.4) is 0 Å². The second kappa shape index (κ2) is 55.9. The molecular weight excluding hydrogens is 1580 g/mol. The van der Waals surface area contributed by atoms with Crippen molar-refractivity contribution in [3.05, 3.63) is 35.9 Å². The van der Waals surface area contributed by atoms with E-state index in [1.54, 1.807) is 0 Å². The van der Waals surface area contributed by atoms with Crippen LogP contribution in [0.25, 0.3) is 0 Å². The fourth-order valence-corrected chi connectivity index (χ4v) is 19.4. The lowest BCUT2D eigenvalue weighted by molar-refractivity contribution is -0.148. The monoisotopic (exact) mass is 1780 g/mol. The normalized spacial score (nSPS) is 21.2. The van der Waals surface area contributed by atoms with Gasteiger partial charge in [0.25, 0.3) is 0 Å². The summed E-state index contributed by atoms with van der Waals surface area (Å²) in [5, 5.41) is 0. The van der Waals surface area contributed by atoms with Crippen molar-refractivity contribution >= 4 is 40.5 Å². The lowest BCUT2D eigenvalue weighted by Gasteiger charge is -2.43. The Bertz CT molecular complexity index is 3230. The Hall–Kier alpha value is -3.62. The lowest BCUT2D eigenvalue weighted by Crippen LogP contribution is -2.50. The highest BCUT2D eigenvalue weighted by atomic mass is 19.4. The molecule has 7 aliphatic heterocycles. The SMILES string of the molecule is CC(C)C(C)CC(=O)C1(C)CCN(C(C)C)CC1.CC(C)CC(=O)C1(C)CCN(C(C)C)CC1.CC(C)CCC(=O)C1(CN(C)C)CCN(C(C)C)CC1.CC(C)N1CCC(C(=O)CCc2ccccc2)CC1.CC(C)N1CCC(C)(C(=O)CCC(F)(F)F)CC1.CC(C)N1CCC(C)(C(=O)CCC2CC2)CC1.CCC1(C(=O)CCC(C)C)CCN(C(C)C)CC1. The van der Waals surface area contributed by atoms with Crippen molar-refractivity contribution in [2.75, 3.05) is 112 Å². The minimum absolute atomic E-state index is 0.000278. The maximum Gasteiger partial charge on any atom is 0.389 e. The molecule has 9 rings (SSSR count). The molecule has 1 unspecified atom stereocenters. The van der Waals surface area contributed by atoms with Gasteiger partial charge in [-0.25, -0.2) is 0 Å². The molecule has 15 nitrogen and oxygen atoms in total. The van der Waals surface area contributed by atoms with Crippen molar-refractivity contribution in [3.63, 3.8) is 0 Å². The number of alkyl halides is 3. The molecule has 0 bridgehead atoms. The topological polar surface area (TPSA) is 145 Å². The molecule has 732 valence electrons. The van der Waals surface area contributed by atoms with E-state index in [-0.39, 0.29) is 39.3 Å². The number of ketones is 7. The fourth-order valence-electron chi connectivity index (χ4n) is 19.4. The highest BCUT2D eigenvalue weighted by molar-refractivity contribution is 5.87. The lowest BCUT2D eigenvalue weighted by atomic mass is 9.71. The molecule has 126 heavy (non-hydrogen) atoms. The molecule has 1 aromatic carbocycles.